The van der Waals surface area contributed by atoms with Crippen LogP contribution < -0.4 is 16.0 Å². The van der Waals surface area contributed by atoms with E-state index in [9.17, 15) is 14.7 Å². The normalized spacial score (nSPS) is 26.1. The van der Waals surface area contributed by atoms with E-state index < -0.39 is 5.60 Å². The Morgan fingerprint density at radius 1 is 0.966 bits per heavy atom. The van der Waals surface area contributed by atoms with Crippen molar-refractivity contribution in [2.24, 2.45) is 11.8 Å². The van der Waals surface area contributed by atoms with Crippen LogP contribution in [-0.2, 0) is 11.3 Å². The number of nitriles is 1. The Bertz CT molecular complexity index is 2140. The predicted octanol–water partition coefficient (Wildman–Crippen LogP) is 5.76. The number of piperazine rings is 1. The van der Waals surface area contributed by atoms with E-state index in [1.54, 1.807) is 23.5 Å². The molecule has 4 aliphatic carbocycles. The van der Waals surface area contributed by atoms with Gasteiger partial charge in [-0.3, -0.25) is 19.5 Å². The Labute approximate surface area is 347 Å². The molecule has 13 nitrogen and oxygen atoms in total. The zero-order chi connectivity index (χ0) is 41.0. The summed E-state index contributed by atoms with van der Waals surface area (Å²) in [7, 11) is 2.16. The fraction of sp³-hybridized carbons (Fsp3) is 0.478. The van der Waals surface area contributed by atoms with Gasteiger partial charge in [0.15, 0.2) is 0 Å². The second-order valence-electron chi connectivity index (χ2n) is 17.6. The average molecular weight is 797 g/mol. The minimum Gasteiger partial charge on any atom is -0.390 e. The van der Waals surface area contributed by atoms with E-state index >= 15 is 0 Å². The molecule has 10 rings (SSSR count). The summed E-state index contributed by atoms with van der Waals surface area (Å²) in [5, 5.41) is 29.7. The zero-order valence-electron chi connectivity index (χ0n) is 34.2. The average Bonchev–Trinajstić information content (AvgIpc) is 3.72. The first-order valence-corrected chi connectivity index (χ1v) is 21.1. The van der Waals surface area contributed by atoms with Crippen LogP contribution in [0, 0.1) is 30.1 Å². The number of carbonyl (C=O) groups is 2. The molecule has 2 unspecified atom stereocenters. The van der Waals surface area contributed by atoms with Gasteiger partial charge in [0.25, 0.3) is 5.91 Å². The van der Waals surface area contributed by atoms with Crippen molar-refractivity contribution in [3.8, 4) is 17.3 Å². The van der Waals surface area contributed by atoms with Crippen molar-refractivity contribution in [3.63, 3.8) is 0 Å². The van der Waals surface area contributed by atoms with Crippen molar-refractivity contribution in [3.05, 3.63) is 95.9 Å². The highest BCUT2D eigenvalue weighted by Crippen LogP contribution is 2.57. The number of pyridine rings is 1. The van der Waals surface area contributed by atoms with Crippen LogP contribution in [-0.4, -0.2) is 110 Å². The summed E-state index contributed by atoms with van der Waals surface area (Å²) < 4.78 is 0. The van der Waals surface area contributed by atoms with Crippen molar-refractivity contribution in [2.75, 3.05) is 56.9 Å². The minimum absolute atomic E-state index is 0.0453. The summed E-state index contributed by atoms with van der Waals surface area (Å²) in [6.07, 6.45) is 13.1. The molecular weight excluding hydrogens is 741 g/mol. The number of aryl methyl sites for hydroxylation is 1. The summed E-state index contributed by atoms with van der Waals surface area (Å²) in [5.74, 6) is 1.62. The lowest BCUT2D eigenvalue weighted by atomic mass is 9.51. The molecule has 4 saturated carbocycles. The van der Waals surface area contributed by atoms with Gasteiger partial charge < -0.3 is 30.9 Å². The molecule has 2 amide bonds. The first kappa shape index (κ1) is 40.5. The van der Waals surface area contributed by atoms with Crippen LogP contribution in [0.15, 0.2) is 79.3 Å². The van der Waals surface area contributed by atoms with E-state index in [-0.39, 0.29) is 23.4 Å². The molecule has 6 fully saturated rings. The molecule has 4 N–H and O–H groups in total. The van der Waals surface area contributed by atoms with Gasteiger partial charge in [-0.25, -0.2) is 9.97 Å². The Balaban J connectivity index is 0.000000186. The van der Waals surface area contributed by atoms with Gasteiger partial charge in [0, 0.05) is 85.9 Å². The number of carbonyl (C=O) groups excluding carboxylic acids is 2. The number of nitrogens with one attached hydrogen (secondary N) is 3. The highest BCUT2D eigenvalue weighted by Gasteiger charge is 2.57. The second-order valence-corrected chi connectivity index (χ2v) is 17.6. The zero-order valence-corrected chi connectivity index (χ0v) is 34.2. The topological polar surface area (TPSA) is 163 Å². The van der Waals surface area contributed by atoms with Gasteiger partial charge in [-0.2, -0.15) is 5.26 Å². The van der Waals surface area contributed by atoms with Crippen LogP contribution in [0.1, 0.15) is 72.9 Å². The van der Waals surface area contributed by atoms with E-state index in [0.29, 0.717) is 42.1 Å². The number of hydrogen-bond donors (Lipinski definition) is 4. The number of amides is 2. The summed E-state index contributed by atoms with van der Waals surface area (Å²) >= 11 is 0. The molecule has 4 heterocycles. The second kappa shape index (κ2) is 17.5. The number of benzene rings is 2. The van der Waals surface area contributed by atoms with Crippen LogP contribution in [0.5, 0.6) is 0 Å². The standard InChI is InChI=1S/C29H31N7O.C17H25N3O2/c1-21-5-10-25(18-27(21)34-29-31-13-11-26(33-29)24-4-3-12-30-19-24)32-28(37)23-8-6-22(7-9-23)20-36-16-14-35(2)15-17-36;18-9-14-2-1-3-20(14)15(21)10-19-16-5-12-4-13(6-16)8-17(22,7-12)11-16/h3-13,18-19H,14-17,20H2,1-2H3,(H,32,37)(H,31,33,34);12-14,19,22H,1-8,10-11H2/t;12-,13+,14-,16?,17?/m.0/s1. The number of anilines is 3. The molecule has 308 valence electrons. The first-order valence-electron chi connectivity index (χ1n) is 21.1. The summed E-state index contributed by atoms with van der Waals surface area (Å²) in [6.45, 7) is 8.26. The number of aromatic nitrogens is 3. The third-order valence-electron chi connectivity index (χ3n) is 12.9. The van der Waals surface area contributed by atoms with Crippen molar-refractivity contribution in [2.45, 2.75) is 82.0 Å². The molecule has 13 heteroatoms. The first-order chi connectivity index (χ1) is 28.5. The van der Waals surface area contributed by atoms with E-state index in [0.717, 1.165) is 100 Å². The largest absolute Gasteiger partial charge is 0.390 e. The number of rotatable bonds is 10. The summed E-state index contributed by atoms with van der Waals surface area (Å²) in [5.41, 5.74) is 5.54. The predicted molar refractivity (Wildman–Crippen MR) is 228 cm³/mol. The maximum absolute atomic E-state index is 12.9. The highest BCUT2D eigenvalue weighted by atomic mass is 16.3. The molecule has 0 spiro atoms. The molecule has 2 aliphatic heterocycles. The van der Waals surface area contributed by atoms with Crippen molar-refractivity contribution in [1.82, 2.24) is 35.0 Å². The number of hydrogen-bond acceptors (Lipinski definition) is 11. The van der Waals surface area contributed by atoms with Crippen molar-refractivity contribution in [1.29, 1.82) is 5.26 Å². The lowest BCUT2D eigenvalue weighted by Gasteiger charge is -2.60. The maximum atomic E-state index is 12.9. The molecule has 59 heavy (non-hydrogen) atoms. The van der Waals surface area contributed by atoms with Crippen LogP contribution in [0.3, 0.4) is 0 Å². The van der Waals surface area contributed by atoms with Gasteiger partial charge >= 0.3 is 0 Å². The highest BCUT2D eigenvalue weighted by molar-refractivity contribution is 6.04. The molecule has 6 aliphatic rings. The van der Waals surface area contributed by atoms with Crippen LogP contribution in [0.4, 0.5) is 17.3 Å². The lowest BCUT2D eigenvalue weighted by molar-refractivity contribution is -0.147. The monoisotopic (exact) mass is 796 g/mol. The van der Waals surface area contributed by atoms with E-state index in [1.165, 1.54) is 12.0 Å². The van der Waals surface area contributed by atoms with Gasteiger partial charge in [-0.1, -0.05) is 18.2 Å². The van der Waals surface area contributed by atoms with Gasteiger partial charge in [0.1, 0.15) is 6.04 Å². The molecule has 2 aromatic carbocycles. The molecule has 4 bridgehead atoms. The molecule has 4 aromatic rings. The quantitative estimate of drug-likeness (QED) is 0.154. The van der Waals surface area contributed by atoms with E-state index in [1.807, 2.05) is 67.6 Å². The SMILES string of the molecule is Cc1ccc(NC(=O)c2ccc(CN3CCN(C)CC3)cc2)cc1Nc1nccc(-c2cccnc2)n1.N#C[C@@H]1CCCN1C(=O)CNC12C[C@@H]3C[C@@H](CC(O)(C3)C1)C2. The number of nitrogens with zero attached hydrogens (tertiary/aromatic N) is 7. The maximum Gasteiger partial charge on any atom is 0.255 e. The molecular formula is C46H56N10O3. The third-order valence-corrected chi connectivity index (χ3v) is 12.9. The molecule has 2 aromatic heterocycles. The van der Waals surface area contributed by atoms with Crippen LogP contribution in [0.25, 0.3) is 11.3 Å². The van der Waals surface area contributed by atoms with Gasteiger partial charge in [0.2, 0.25) is 11.9 Å². The lowest BCUT2D eigenvalue weighted by Crippen LogP contribution is -2.65. The van der Waals surface area contributed by atoms with Crippen LogP contribution in [0.2, 0.25) is 0 Å². The van der Waals surface area contributed by atoms with Gasteiger partial charge in [-0.15, -0.1) is 0 Å². The Morgan fingerprint density at radius 2 is 1.75 bits per heavy atom. The molecule has 5 atom stereocenters. The number of likely N-dealkylation sites (N-methyl/N-ethyl adjacent to an activating group) is 1. The molecule has 0 radical (unpaired) electrons. The Morgan fingerprint density at radius 3 is 2.46 bits per heavy atom. The summed E-state index contributed by atoms with van der Waals surface area (Å²) in [6, 6.07) is 21.3. The van der Waals surface area contributed by atoms with Gasteiger partial charge in [-0.05, 0) is 131 Å². The van der Waals surface area contributed by atoms with Crippen molar-refractivity contribution >= 4 is 29.1 Å². The summed E-state index contributed by atoms with van der Waals surface area (Å²) in [4.78, 5) is 45.0. The fourth-order valence-electron chi connectivity index (χ4n) is 10.3. The Kier molecular flexibility index (Phi) is 12.0. The van der Waals surface area contributed by atoms with Crippen molar-refractivity contribution < 1.29 is 14.7 Å². The Hall–Kier alpha value is -5.26. The van der Waals surface area contributed by atoms with Gasteiger partial charge in [0.05, 0.1) is 23.9 Å². The van der Waals surface area contributed by atoms with E-state index in [2.05, 4.69) is 53.8 Å². The fourth-order valence-corrected chi connectivity index (χ4v) is 10.3. The minimum atomic E-state index is -0.497. The van der Waals surface area contributed by atoms with E-state index in [4.69, 9.17) is 5.26 Å². The number of aliphatic hydroxyl groups is 1. The smallest absolute Gasteiger partial charge is 0.255 e. The third kappa shape index (κ3) is 9.79. The molecule has 2 saturated heterocycles. The number of likely N-dealkylation sites (tertiary alicyclic amines) is 1. The van der Waals surface area contributed by atoms with Crippen LogP contribution >= 0.6 is 0 Å².